The van der Waals surface area contributed by atoms with E-state index in [0.29, 0.717) is 12.4 Å². The van der Waals surface area contributed by atoms with Crippen molar-refractivity contribution in [3.05, 3.63) is 30.3 Å². The van der Waals surface area contributed by atoms with Crippen molar-refractivity contribution in [3.8, 4) is 11.5 Å². The number of rotatable bonds is 5. The Bertz CT molecular complexity index is 305. The van der Waals surface area contributed by atoms with E-state index in [4.69, 9.17) is 4.74 Å². The van der Waals surface area contributed by atoms with Crippen molar-refractivity contribution in [3.63, 3.8) is 0 Å². The summed E-state index contributed by atoms with van der Waals surface area (Å²) in [4.78, 5) is 0. The van der Waals surface area contributed by atoms with Gasteiger partial charge in [-0.3, -0.25) is 0 Å². The van der Waals surface area contributed by atoms with Crippen LogP contribution < -0.4 is 4.74 Å². The highest BCUT2D eigenvalue weighted by molar-refractivity contribution is 5.53. The maximum atomic E-state index is 9.55. The Morgan fingerprint density at radius 1 is 1.50 bits per heavy atom. The molecular formula is C12H16O2. The molecule has 2 heteroatoms. The normalized spacial score (nSPS) is 9.79. The molecule has 0 aliphatic heterocycles. The molecule has 0 saturated carbocycles. The van der Waals surface area contributed by atoms with Gasteiger partial charge in [-0.2, -0.15) is 0 Å². The molecule has 1 rings (SSSR count). The van der Waals surface area contributed by atoms with Gasteiger partial charge in [-0.15, -0.1) is 0 Å². The second-order valence-corrected chi connectivity index (χ2v) is 3.13. The van der Waals surface area contributed by atoms with E-state index < -0.39 is 0 Å². The van der Waals surface area contributed by atoms with Gasteiger partial charge in [-0.05, 0) is 24.1 Å². The van der Waals surface area contributed by atoms with Crippen molar-refractivity contribution in [1.29, 1.82) is 0 Å². The van der Waals surface area contributed by atoms with Crippen LogP contribution in [-0.2, 0) is 0 Å². The first kappa shape index (κ1) is 10.6. The van der Waals surface area contributed by atoms with E-state index in [2.05, 4.69) is 13.5 Å². The molecule has 1 N–H and O–H groups in total. The zero-order valence-corrected chi connectivity index (χ0v) is 8.49. The molecule has 0 spiro atoms. The predicted molar refractivity (Wildman–Crippen MR) is 58.6 cm³/mol. The first-order valence-electron chi connectivity index (χ1n) is 4.86. The summed E-state index contributed by atoms with van der Waals surface area (Å²) in [5, 5.41) is 9.55. The monoisotopic (exact) mass is 192 g/mol. The fourth-order valence-electron chi connectivity index (χ4n) is 1.11. The van der Waals surface area contributed by atoms with Crippen molar-refractivity contribution in [2.45, 2.75) is 19.8 Å². The van der Waals surface area contributed by atoms with Crippen molar-refractivity contribution in [2.75, 3.05) is 6.61 Å². The van der Waals surface area contributed by atoms with Gasteiger partial charge in [-0.25, -0.2) is 0 Å². The zero-order chi connectivity index (χ0) is 10.4. The van der Waals surface area contributed by atoms with Crippen LogP contribution in [0.15, 0.2) is 24.8 Å². The van der Waals surface area contributed by atoms with Crippen LogP contribution in [0, 0.1) is 0 Å². The highest BCUT2D eigenvalue weighted by Crippen LogP contribution is 2.27. The van der Waals surface area contributed by atoms with E-state index in [1.807, 2.05) is 6.07 Å². The smallest absolute Gasteiger partial charge is 0.160 e. The second kappa shape index (κ2) is 5.32. The van der Waals surface area contributed by atoms with E-state index in [-0.39, 0.29) is 5.75 Å². The lowest BCUT2D eigenvalue weighted by Gasteiger charge is -2.07. The number of phenolic OH excluding ortho intramolecular Hbond substituents is 1. The molecule has 0 heterocycles. The lowest BCUT2D eigenvalue weighted by Crippen LogP contribution is -1.96. The first-order valence-corrected chi connectivity index (χ1v) is 4.86. The third kappa shape index (κ3) is 2.80. The molecule has 14 heavy (non-hydrogen) atoms. The minimum absolute atomic E-state index is 0.179. The molecule has 0 radical (unpaired) electrons. The summed E-state index contributed by atoms with van der Waals surface area (Å²) in [5.41, 5.74) is 0.894. The Hall–Kier alpha value is -1.44. The van der Waals surface area contributed by atoms with Gasteiger partial charge < -0.3 is 9.84 Å². The minimum atomic E-state index is 0.179. The maximum Gasteiger partial charge on any atom is 0.160 e. The van der Waals surface area contributed by atoms with Crippen LogP contribution in [0.1, 0.15) is 25.3 Å². The largest absolute Gasteiger partial charge is 0.504 e. The van der Waals surface area contributed by atoms with Gasteiger partial charge in [0, 0.05) is 0 Å². The molecule has 0 amide bonds. The molecule has 1 aromatic rings. The third-order valence-corrected chi connectivity index (χ3v) is 1.97. The minimum Gasteiger partial charge on any atom is -0.504 e. The van der Waals surface area contributed by atoms with Gasteiger partial charge in [0.15, 0.2) is 11.5 Å². The van der Waals surface area contributed by atoms with Gasteiger partial charge >= 0.3 is 0 Å². The first-order chi connectivity index (χ1) is 6.77. The SMILES string of the molecule is C=Cc1ccc(OCCCC)c(O)c1. The Morgan fingerprint density at radius 3 is 2.86 bits per heavy atom. The number of aromatic hydroxyl groups is 1. The number of hydrogen-bond donors (Lipinski definition) is 1. The summed E-state index contributed by atoms with van der Waals surface area (Å²) in [6, 6.07) is 5.28. The summed E-state index contributed by atoms with van der Waals surface area (Å²) in [6.45, 7) is 6.38. The number of hydrogen-bond acceptors (Lipinski definition) is 2. The van der Waals surface area contributed by atoms with Crippen molar-refractivity contribution in [1.82, 2.24) is 0 Å². The Kier molecular flexibility index (Phi) is 4.05. The molecular weight excluding hydrogens is 176 g/mol. The zero-order valence-electron chi connectivity index (χ0n) is 8.49. The van der Waals surface area contributed by atoms with Crippen LogP contribution in [0.3, 0.4) is 0 Å². The summed E-state index contributed by atoms with van der Waals surface area (Å²) in [6.07, 6.45) is 3.78. The van der Waals surface area contributed by atoms with Gasteiger partial charge in [0.05, 0.1) is 6.61 Å². The molecule has 0 bridgehead atoms. The standard InChI is InChI=1S/C12H16O2/c1-3-5-8-14-12-7-6-10(4-2)9-11(12)13/h4,6-7,9,13H,2-3,5,8H2,1H3. The van der Waals surface area contributed by atoms with Gasteiger partial charge in [0.25, 0.3) is 0 Å². The van der Waals surface area contributed by atoms with E-state index in [1.165, 1.54) is 0 Å². The molecule has 0 aliphatic rings. The maximum absolute atomic E-state index is 9.55. The summed E-state index contributed by atoms with van der Waals surface area (Å²) < 4.78 is 5.39. The molecule has 0 saturated heterocycles. The number of benzene rings is 1. The van der Waals surface area contributed by atoms with Crippen LogP contribution in [-0.4, -0.2) is 11.7 Å². The summed E-state index contributed by atoms with van der Waals surface area (Å²) in [7, 11) is 0. The highest BCUT2D eigenvalue weighted by Gasteiger charge is 2.01. The van der Waals surface area contributed by atoms with E-state index in [0.717, 1.165) is 18.4 Å². The van der Waals surface area contributed by atoms with Crippen LogP contribution in [0.2, 0.25) is 0 Å². The molecule has 0 fully saturated rings. The molecule has 1 aromatic carbocycles. The molecule has 76 valence electrons. The van der Waals surface area contributed by atoms with Crippen molar-refractivity contribution >= 4 is 6.08 Å². The Morgan fingerprint density at radius 2 is 2.29 bits per heavy atom. The van der Waals surface area contributed by atoms with Gasteiger partial charge in [0.2, 0.25) is 0 Å². The average molecular weight is 192 g/mol. The van der Waals surface area contributed by atoms with Crippen LogP contribution in [0.4, 0.5) is 0 Å². The van der Waals surface area contributed by atoms with Crippen molar-refractivity contribution < 1.29 is 9.84 Å². The molecule has 0 unspecified atom stereocenters. The fraction of sp³-hybridized carbons (Fsp3) is 0.333. The molecule has 0 atom stereocenters. The van der Waals surface area contributed by atoms with Gasteiger partial charge in [-0.1, -0.05) is 32.1 Å². The number of phenols is 1. The van der Waals surface area contributed by atoms with Gasteiger partial charge in [0.1, 0.15) is 0 Å². The van der Waals surface area contributed by atoms with E-state index >= 15 is 0 Å². The topological polar surface area (TPSA) is 29.5 Å². The predicted octanol–water partition coefficient (Wildman–Crippen LogP) is 3.21. The molecule has 0 aromatic heterocycles. The van der Waals surface area contributed by atoms with E-state index in [1.54, 1.807) is 18.2 Å². The van der Waals surface area contributed by atoms with E-state index in [9.17, 15) is 5.11 Å². The fourth-order valence-corrected chi connectivity index (χ4v) is 1.11. The number of ether oxygens (including phenoxy) is 1. The highest BCUT2D eigenvalue weighted by atomic mass is 16.5. The second-order valence-electron chi connectivity index (χ2n) is 3.13. The average Bonchev–Trinajstić information content (AvgIpc) is 2.20. The van der Waals surface area contributed by atoms with Crippen LogP contribution >= 0.6 is 0 Å². The van der Waals surface area contributed by atoms with Crippen molar-refractivity contribution in [2.24, 2.45) is 0 Å². The number of unbranched alkanes of at least 4 members (excludes halogenated alkanes) is 1. The third-order valence-electron chi connectivity index (χ3n) is 1.97. The lowest BCUT2D eigenvalue weighted by molar-refractivity contribution is 0.293. The molecule has 0 aliphatic carbocycles. The van der Waals surface area contributed by atoms with Crippen LogP contribution in [0.5, 0.6) is 11.5 Å². The quantitative estimate of drug-likeness (QED) is 0.726. The van der Waals surface area contributed by atoms with Crippen LogP contribution in [0.25, 0.3) is 6.08 Å². The Labute approximate surface area is 84.8 Å². The summed E-state index contributed by atoms with van der Waals surface area (Å²) >= 11 is 0. The molecule has 2 nitrogen and oxygen atoms in total. The summed E-state index contributed by atoms with van der Waals surface area (Å²) in [5.74, 6) is 0.725. The Balaban J connectivity index is 2.64. The lowest BCUT2D eigenvalue weighted by atomic mass is 10.2.